The molecule has 0 atom stereocenters. The van der Waals surface area contributed by atoms with E-state index < -0.39 is 0 Å². The lowest BCUT2D eigenvalue weighted by atomic mass is 10.4. The summed E-state index contributed by atoms with van der Waals surface area (Å²) in [6.07, 6.45) is 2.00. The second-order valence-corrected chi connectivity index (χ2v) is 3.09. The summed E-state index contributed by atoms with van der Waals surface area (Å²) < 4.78 is 19.8. The van der Waals surface area contributed by atoms with Crippen molar-refractivity contribution in [1.29, 1.82) is 0 Å². The van der Waals surface area contributed by atoms with Gasteiger partial charge in [-0.3, -0.25) is 0 Å². The Bertz CT molecular complexity index is 102. The van der Waals surface area contributed by atoms with Crippen molar-refractivity contribution in [2.45, 2.75) is 12.8 Å². The van der Waals surface area contributed by atoms with Crippen molar-refractivity contribution in [3.8, 4) is 0 Å². The summed E-state index contributed by atoms with van der Waals surface area (Å²) in [4.78, 5) is 0. The van der Waals surface area contributed by atoms with E-state index in [1.165, 1.54) is 0 Å². The summed E-state index contributed by atoms with van der Waals surface area (Å²) in [7, 11) is 3.25. The highest BCUT2D eigenvalue weighted by molar-refractivity contribution is 4.47. The van der Waals surface area contributed by atoms with Crippen LogP contribution in [0.3, 0.4) is 0 Å². The molecule has 0 amide bonds. The normalized spacial score (nSPS) is 10.8. The van der Waals surface area contributed by atoms with E-state index in [-0.39, 0.29) is 0 Å². The largest absolute Gasteiger partial charge is 0.359 e. The summed E-state index contributed by atoms with van der Waals surface area (Å²) in [6, 6.07) is 0. The van der Waals surface area contributed by atoms with Crippen molar-refractivity contribution in [2.24, 2.45) is 0 Å². The molecular weight excluding hydrogens is 198 g/mol. The quantitative estimate of drug-likeness (QED) is 0.386. The van der Waals surface area contributed by atoms with Crippen LogP contribution in [0.5, 0.6) is 0 Å². The Balaban J connectivity index is 2.81. The smallest absolute Gasteiger partial charge is 0.146 e. The maximum absolute atomic E-state index is 5.14. The summed E-state index contributed by atoms with van der Waals surface area (Å²) in [5.41, 5.74) is 0. The maximum Gasteiger partial charge on any atom is 0.146 e. The SMILES string of the molecule is COCOCCCNCCCOCOC. The molecule has 1 N–H and O–H groups in total. The molecular formula is C10H23NO4. The minimum atomic E-state index is 0.380. The lowest BCUT2D eigenvalue weighted by molar-refractivity contribution is -0.0322. The molecule has 5 heteroatoms. The zero-order valence-electron chi connectivity index (χ0n) is 9.79. The summed E-state index contributed by atoms with van der Waals surface area (Å²) in [6.45, 7) is 4.17. The lowest BCUT2D eigenvalue weighted by Crippen LogP contribution is -2.19. The highest BCUT2D eigenvalue weighted by atomic mass is 16.7. The number of ether oxygens (including phenoxy) is 4. The van der Waals surface area contributed by atoms with Crippen molar-refractivity contribution in [2.75, 3.05) is 54.1 Å². The maximum atomic E-state index is 5.14. The number of nitrogens with one attached hydrogen (secondary N) is 1. The van der Waals surface area contributed by atoms with Crippen molar-refractivity contribution >= 4 is 0 Å². The van der Waals surface area contributed by atoms with Crippen LogP contribution in [0.2, 0.25) is 0 Å². The van der Waals surface area contributed by atoms with Gasteiger partial charge in [-0.15, -0.1) is 0 Å². The zero-order valence-corrected chi connectivity index (χ0v) is 9.79. The fourth-order valence-electron chi connectivity index (χ4n) is 1.01. The second kappa shape index (κ2) is 13.8. The molecule has 0 aliphatic carbocycles. The van der Waals surface area contributed by atoms with Gasteiger partial charge in [0.05, 0.1) is 13.2 Å². The van der Waals surface area contributed by atoms with Gasteiger partial charge in [-0.25, -0.2) is 0 Å². The van der Waals surface area contributed by atoms with Gasteiger partial charge in [-0.2, -0.15) is 0 Å². The molecule has 0 saturated carbocycles. The van der Waals surface area contributed by atoms with E-state index in [2.05, 4.69) is 5.32 Å². The standard InChI is InChI=1S/C10H23NO4/c1-12-9-14-7-3-5-11-6-4-8-15-10-13-2/h11H,3-10H2,1-2H3. The zero-order chi connectivity index (χ0) is 11.2. The predicted octanol–water partition coefficient (Wildman–Crippen LogP) is 0.597. The molecule has 0 aromatic carbocycles. The van der Waals surface area contributed by atoms with Crippen LogP contribution in [0.25, 0.3) is 0 Å². The van der Waals surface area contributed by atoms with Crippen LogP contribution in [-0.2, 0) is 18.9 Å². The van der Waals surface area contributed by atoms with E-state index in [0.717, 1.165) is 39.1 Å². The molecule has 0 aromatic heterocycles. The highest BCUT2D eigenvalue weighted by Crippen LogP contribution is 1.83. The third-order valence-corrected chi connectivity index (χ3v) is 1.69. The third-order valence-electron chi connectivity index (χ3n) is 1.69. The number of rotatable bonds is 12. The first kappa shape index (κ1) is 14.8. The fourth-order valence-corrected chi connectivity index (χ4v) is 1.01. The van der Waals surface area contributed by atoms with Crippen LogP contribution < -0.4 is 5.32 Å². The highest BCUT2D eigenvalue weighted by Gasteiger charge is 1.90. The first-order valence-electron chi connectivity index (χ1n) is 5.26. The Labute approximate surface area is 92.0 Å². The van der Waals surface area contributed by atoms with Crippen LogP contribution in [0.4, 0.5) is 0 Å². The van der Waals surface area contributed by atoms with Gasteiger partial charge in [-0.05, 0) is 25.9 Å². The molecule has 92 valence electrons. The first-order valence-corrected chi connectivity index (χ1v) is 5.26. The molecule has 0 rings (SSSR count). The van der Waals surface area contributed by atoms with Gasteiger partial charge < -0.3 is 24.3 Å². The lowest BCUT2D eigenvalue weighted by Gasteiger charge is -2.05. The van der Waals surface area contributed by atoms with E-state index in [9.17, 15) is 0 Å². The molecule has 0 aromatic rings. The van der Waals surface area contributed by atoms with Gasteiger partial charge in [-0.1, -0.05) is 0 Å². The Kier molecular flexibility index (Phi) is 13.6. The first-order chi connectivity index (χ1) is 7.41. The Morgan fingerprint density at radius 3 is 1.67 bits per heavy atom. The van der Waals surface area contributed by atoms with Gasteiger partial charge >= 0.3 is 0 Å². The predicted molar refractivity (Wildman–Crippen MR) is 57.8 cm³/mol. The molecule has 0 saturated heterocycles. The molecule has 0 heterocycles. The average molecular weight is 221 g/mol. The van der Waals surface area contributed by atoms with E-state index in [0.29, 0.717) is 13.6 Å². The summed E-state index contributed by atoms with van der Waals surface area (Å²) >= 11 is 0. The molecule has 0 bridgehead atoms. The molecule has 0 aliphatic rings. The molecule has 15 heavy (non-hydrogen) atoms. The summed E-state index contributed by atoms with van der Waals surface area (Å²) in [5.74, 6) is 0. The van der Waals surface area contributed by atoms with Crippen molar-refractivity contribution in [1.82, 2.24) is 5.32 Å². The third kappa shape index (κ3) is 13.8. The van der Waals surface area contributed by atoms with Gasteiger partial charge in [0.15, 0.2) is 0 Å². The monoisotopic (exact) mass is 221 g/mol. The molecule has 0 fully saturated rings. The van der Waals surface area contributed by atoms with E-state index in [1.54, 1.807) is 14.2 Å². The molecule has 0 unspecified atom stereocenters. The molecule has 0 radical (unpaired) electrons. The van der Waals surface area contributed by atoms with Crippen LogP contribution in [-0.4, -0.2) is 54.1 Å². The van der Waals surface area contributed by atoms with E-state index >= 15 is 0 Å². The van der Waals surface area contributed by atoms with Gasteiger partial charge in [0.25, 0.3) is 0 Å². The van der Waals surface area contributed by atoms with Gasteiger partial charge in [0.2, 0.25) is 0 Å². The number of hydrogen-bond donors (Lipinski definition) is 1. The van der Waals surface area contributed by atoms with Crippen molar-refractivity contribution in [3.63, 3.8) is 0 Å². The Morgan fingerprint density at radius 2 is 1.27 bits per heavy atom. The Morgan fingerprint density at radius 1 is 0.800 bits per heavy atom. The minimum absolute atomic E-state index is 0.380. The van der Waals surface area contributed by atoms with E-state index in [1.807, 2.05) is 0 Å². The minimum Gasteiger partial charge on any atom is -0.359 e. The average Bonchev–Trinajstić information content (AvgIpc) is 2.26. The number of methoxy groups -OCH3 is 2. The van der Waals surface area contributed by atoms with E-state index in [4.69, 9.17) is 18.9 Å². The van der Waals surface area contributed by atoms with Crippen LogP contribution in [0, 0.1) is 0 Å². The van der Waals surface area contributed by atoms with Crippen molar-refractivity contribution in [3.05, 3.63) is 0 Å². The van der Waals surface area contributed by atoms with Crippen LogP contribution in [0.1, 0.15) is 12.8 Å². The number of hydrogen-bond acceptors (Lipinski definition) is 5. The molecule has 5 nitrogen and oxygen atoms in total. The molecule has 0 aliphatic heterocycles. The fraction of sp³-hybridized carbons (Fsp3) is 1.00. The van der Waals surface area contributed by atoms with Gasteiger partial charge in [0.1, 0.15) is 13.6 Å². The Hall–Kier alpha value is -0.200. The van der Waals surface area contributed by atoms with Crippen molar-refractivity contribution < 1.29 is 18.9 Å². The van der Waals surface area contributed by atoms with Crippen LogP contribution >= 0.6 is 0 Å². The van der Waals surface area contributed by atoms with Crippen LogP contribution in [0.15, 0.2) is 0 Å². The second-order valence-electron chi connectivity index (χ2n) is 3.09. The molecule has 0 spiro atoms. The topological polar surface area (TPSA) is 49.0 Å². The van der Waals surface area contributed by atoms with Gasteiger partial charge in [0, 0.05) is 14.2 Å². The summed E-state index contributed by atoms with van der Waals surface area (Å²) in [5, 5.41) is 3.30.